The first-order valence-corrected chi connectivity index (χ1v) is 12.0. The van der Waals surface area contributed by atoms with Gasteiger partial charge in [0, 0.05) is 25.4 Å². The number of benzene rings is 1. The molecule has 2 heterocycles. The molecule has 0 bridgehead atoms. The van der Waals surface area contributed by atoms with E-state index in [2.05, 4.69) is 4.74 Å². The highest BCUT2D eigenvalue weighted by molar-refractivity contribution is 7.22. The van der Waals surface area contributed by atoms with Gasteiger partial charge in [-0.2, -0.15) is 0 Å². The number of carbonyl (C=O) groups is 1. The smallest absolute Gasteiger partial charge is 0.466 e. The van der Waals surface area contributed by atoms with Crippen molar-refractivity contribution in [3.63, 3.8) is 0 Å². The highest BCUT2D eigenvalue weighted by Crippen LogP contribution is 2.39. The number of thiophene rings is 1. The Morgan fingerprint density at radius 3 is 2.54 bits per heavy atom. The van der Waals surface area contributed by atoms with E-state index in [1.165, 1.54) is 41.0 Å². The SMILES string of the molecule is CC(=O)OCCCn1c(=O)c2c(CCC(C)C)c(-c3cccc(OC(F)(F)F)c3)sc2n(C)c1=O. The van der Waals surface area contributed by atoms with Gasteiger partial charge in [-0.3, -0.25) is 18.7 Å². The van der Waals surface area contributed by atoms with Crippen molar-refractivity contribution in [2.45, 2.75) is 52.9 Å². The second-order valence-electron chi connectivity index (χ2n) is 8.59. The predicted octanol–water partition coefficient (Wildman–Crippen LogP) is 4.87. The first kappa shape index (κ1) is 26.5. The van der Waals surface area contributed by atoms with Gasteiger partial charge in [0.25, 0.3) is 5.56 Å². The van der Waals surface area contributed by atoms with E-state index in [0.717, 1.165) is 11.0 Å². The zero-order valence-electron chi connectivity index (χ0n) is 19.9. The van der Waals surface area contributed by atoms with Crippen LogP contribution in [0.25, 0.3) is 20.7 Å². The number of halogens is 3. The number of esters is 1. The Morgan fingerprint density at radius 2 is 1.91 bits per heavy atom. The lowest BCUT2D eigenvalue weighted by Gasteiger charge is -2.11. The van der Waals surface area contributed by atoms with Crippen molar-refractivity contribution in [3.8, 4) is 16.2 Å². The van der Waals surface area contributed by atoms with Crippen LogP contribution in [0.3, 0.4) is 0 Å². The first-order chi connectivity index (χ1) is 16.4. The van der Waals surface area contributed by atoms with Gasteiger partial charge in [0.2, 0.25) is 0 Å². The van der Waals surface area contributed by atoms with Crippen molar-refractivity contribution in [1.82, 2.24) is 9.13 Å². The lowest BCUT2D eigenvalue weighted by molar-refractivity contribution is -0.274. The van der Waals surface area contributed by atoms with E-state index < -0.39 is 23.6 Å². The number of carbonyl (C=O) groups excluding carboxylic acids is 1. The first-order valence-electron chi connectivity index (χ1n) is 11.1. The minimum absolute atomic E-state index is 0.0679. The van der Waals surface area contributed by atoms with Crippen LogP contribution in [0.1, 0.15) is 39.2 Å². The number of nitrogens with zero attached hydrogens (tertiary/aromatic N) is 2. The summed E-state index contributed by atoms with van der Waals surface area (Å²) in [5.74, 6) is -0.494. The average molecular weight is 513 g/mol. The number of aryl methyl sites for hydroxylation is 2. The summed E-state index contributed by atoms with van der Waals surface area (Å²) in [5.41, 5.74) is 0.190. The van der Waals surface area contributed by atoms with Crippen molar-refractivity contribution in [3.05, 3.63) is 50.7 Å². The third-order valence-corrected chi connectivity index (χ3v) is 6.76. The molecule has 0 saturated heterocycles. The molecule has 2 aromatic heterocycles. The van der Waals surface area contributed by atoms with Crippen LogP contribution in [0, 0.1) is 5.92 Å². The van der Waals surface area contributed by atoms with E-state index in [4.69, 9.17) is 4.74 Å². The second-order valence-corrected chi connectivity index (χ2v) is 9.59. The molecular formula is C24H27F3N2O5S. The largest absolute Gasteiger partial charge is 0.573 e. The number of ether oxygens (including phenoxy) is 2. The van der Waals surface area contributed by atoms with E-state index in [0.29, 0.717) is 38.6 Å². The van der Waals surface area contributed by atoms with Gasteiger partial charge < -0.3 is 9.47 Å². The summed E-state index contributed by atoms with van der Waals surface area (Å²) < 4.78 is 49.8. The van der Waals surface area contributed by atoms with Crippen LogP contribution in [-0.4, -0.2) is 28.1 Å². The highest BCUT2D eigenvalue weighted by atomic mass is 32.1. The molecule has 35 heavy (non-hydrogen) atoms. The molecule has 0 amide bonds. The minimum Gasteiger partial charge on any atom is -0.466 e. The molecule has 0 aliphatic heterocycles. The summed E-state index contributed by atoms with van der Waals surface area (Å²) in [6.07, 6.45) is -3.29. The minimum atomic E-state index is -4.83. The zero-order chi connectivity index (χ0) is 25.9. The van der Waals surface area contributed by atoms with Gasteiger partial charge >= 0.3 is 18.0 Å². The van der Waals surface area contributed by atoms with E-state index in [9.17, 15) is 27.6 Å². The summed E-state index contributed by atoms with van der Waals surface area (Å²) >= 11 is 1.19. The molecule has 0 aliphatic carbocycles. The maximum absolute atomic E-state index is 13.5. The Hall–Kier alpha value is -3.08. The van der Waals surface area contributed by atoms with Gasteiger partial charge in [0.05, 0.1) is 12.0 Å². The summed E-state index contributed by atoms with van der Waals surface area (Å²) in [5, 5.41) is 0.377. The van der Waals surface area contributed by atoms with Crippen LogP contribution in [0.15, 0.2) is 33.9 Å². The molecule has 0 aliphatic rings. The van der Waals surface area contributed by atoms with Crippen LogP contribution in [0.4, 0.5) is 13.2 Å². The molecule has 3 aromatic rings. The molecule has 0 spiro atoms. The normalized spacial score (nSPS) is 11.9. The number of rotatable bonds is 9. The van der Waals surface area contributed by atoms with Crippen LogP contribution in [0.5, 0.6) is 5.75 Å². The third-order valence-electron chi connectivity index (χ3n) is 5.40. The Labute approximate surface area is 203 Å². The molecule has 3 rings (SSSR count). The van der Waals surface area contributed by atoms with Gasteiger partial charge in [-0.1, -0.05) is 26.0 Å². The summed E-state index contributed by atoms with van der Waals surface area (Å²) in [4.78, 5) is 38.5. The van der Waals surface area contributed by atoms with Gasteiger partial charge in [-0.25, -0.2) is 4.79 Å². The van der Waals surface area contributed by atoms with Gasteiger partial charge in [-0.15, -0.1) is 24.5 Å². The molecule has 190 valence electrons. The monoisotopic (exact) mass is 512 g/mol. The molecule has 11 heteroatoms. The molecular weight excluding hydrogens is 485 g/mol. The summed E-state index contributed by atoms with van der Waals surface area (Å²) in [6.45, 7) is 5.49. The topological polar surface area (TPSA) is 79.5 Å². The summed E-state index contributed by atoms with van der Waals surface area (Å²) in [6, 6.07) is 5.61. The fourth-order valence-electron chi connectivity index (χ4n) is 3.77. The van der Waals surface area contributed by atoms with Crippen molar-refractivity contribution in [2.75, 3.05) is 6.61 Å². The summed E-state index contributed by atoms with van der Waals surface area (Å²) in [7, 11) is 1.56. The van der Waals surface area contributed by atoms with Crippen molar-refractivity contribution in [2.24, 2.45) is 13.0 Å². The molecule has 0 saturated carbocycles. The quantitative estimate of drug-likeness (QED) is 0.302. The number of hydrogen-bond acceptors (Lipinski definition) is 6. The van der Waals surface area contributed by atoms with Crippen molar-refractivity contribution in [1.29, 1.82) is 0 Å². The standard InChI is InChI=1S/C24H27F3N2O5S/c1-14(2)9-10-18-19-21(31)29(11-6-12-33-15(3)30)23(32)28(4)22(19)35-20(18)16-7-5-8-17(13-16)34-24(25,26)27/h5,7-8,13-14H,6,9-12H2,1-4H3. The number of alkyl halides is 3. The lowest BCUT2D eigenvalue weighted by Crippen LogP contribution is -2.39. The highest BCUT2D eigenvalue weighted by Gasteiger charge is 2.31. The molecule has 0 N–H and O–H groups in total. The van der Waals surface area contributed by atoms with Crippen LogP contribution in [0.2, 0.25) is 0 Å². The maximum atomic E-state index is 13.5. The number of fused-ring (bicyclic) bond motifs is 1. The third kappa shape index (κ3) is 6.33. The predicted molar refractivity (Wildman–Crippen MR) is 128 cm³/mol. The van der Waals surface area contributed by atoms with Gasteiger partial charge in [0.15, 0.2) is 0 Å². The number of hydrogen-bond donors (Lipinski definition) is 0. The van der Waals surface area contributed by atoms with E-state index >= 15 is 0 Å². The van der Waals surface area contributed by atoms with Crippen molar-refractivity contribution < 1.29 is 27.4 Å². The average Bonchev–Trinajstić information content (AvgIpc) is 3.14. The molecule has 0 fully saturated rings. The zero-order valence-corrected chi connectivity index (χ0v) is 20.7. The Morgan fingerprint density at radius 1 is 1.20 bits per heavy atom. The van der Waals surface area contributed by atoms with Crippen LogP contribution in [-0.2, 0) is 29.5 Å². The van der Waals surface area contributed by atoms with E-state index in [1.54, 1.807) is 13.1 Å². The van der Waals surface area contributed by atoms with E-state index in [1.807, 2.05) is 13.8 Å². The molecule has 1 aromatic carbocycles. The van der Waals surface area contributed by atoms with Crippen LogP contribution >= 0.6 is 11.3 Å². The van der Waals surface area contributed by atoms with Gasteiger partial charge in [0.1, 0.15) is 10.6 Å². The fraction of sp³-hybridized carbons (Fsp3) is 0.458. The molecule has 0 unspecified atom stereocenters. The maximum Gasteiger partial charge on any atom is 0.573 e. The Balaban J connectivity index is 2.17. The Bertz CT molecular complexity index is 1340. The fourth-order valence-corrected chi connectivity index (χ4v) is 5.07. The number of aromatic nitrogens is 2. The molecule has 0 atom stereocenters. The van der Waals surface area contributed by atoms with Crippen molar-refractivity contribution >= 4 is 27.5 Å². The molecule has 0 radical (unpaired) electrons. The lowest BCUT2D eigenvalue weighted by atomic mass is 9.98. The molecule has 7 nitrogen and oxygen atoms in total. The van der Waals surface area contributed by atoms with E-state index in [-0.39, 0.29) is 25.3 Å². The Kier molecular flexibility index (Phi) is 8.09. The van der Waals surface area contributed by atoms with Gasteiger partial charge in [-0.05, 0) is 48.4 Å². The van der Waals surface area contributed by atoms with Crippen LogP contribution < -0.4 is 16.0 Å². The second kappa shape index (κ2) is 10.7.